The molecule has 1 aromatic rings. The Morgan fingerprint density at radius 2 is 2.24 bits per heavy atom. The highest BCUT2D eigenvalue weighted by Gasteiger charge is 2.11. The molecule has 0 aliphatic rings. The van der Waals surface area contributed by atoms with Gasteiger partial charge in [0.05, 0.1) is 0 Å². The number of carbonyl (C=O) groups is 1. The van der Waals surface area contributed by atoms with Gasteiger partial charge in [0.15, 0.2) is 0 Å². The van der Waals surface area contributed by atoms with Crippen LogP contribution in [0.3, 0.4) is 0 Å². The summed E-state index contributed by atoms with van der Waals surface area (Å²) in [6, 6.07) is 8.43. The topological polar surface area (TPSA) is 40.5 Å². The highest BCUT2D eigenvalue weighted by molar-refractivity contribution is 9.10. The zero-order valence-electron chi connectivity index (χ0n) is 10.2. The predicted molar refractivity (Wildman–Crippen MR) is 71.9 cm³/mol. The van der Waals surface area contributed by atoms with Gasteiger partial charge in [-0.05, 0) is 38.1 Å². The summed E-state index contributed by atoms with van der Waals surface area (Å²) in [5.41, 5.74) is 1.23. The highest BCUT2D eigenvalue weighted by atomic mass is 79.9. The molecule has 4 heteroatoms. The highest BCUT2D eigenvalue weighted by Crippen LogP contribution is 2.15. The van der Waals surface area contributed by atoms with E-state index in [0.717, 1.165) is 11.0 Å². The third-order valence-corrected chi connectivity index (χ3v) is 3.34. The molecule has 0 aliphatic carbocycles. The number of rotatable bonds is 6. The number of carboxylic acid groups (broad SMARTS) is 1. The summed E-state index contributed by atoms with van der Waals surface area (Å²) in [4.78, 5) is 12.7. The van der Waals surface area contributed by atoms with Crippen molar-refractivity contribution in [1.29, 1.82) is 0 Å². The lowest BCUT2D eigenvalue weighted by Crippen LogP contribution is -2.29. The van der Waals surface area contributed by atoms with E-state index < -0.39 is 5.97 Å². The van der Waals surface area contributed by atoms with Crippen molar-refractivity contribution in [3.63, 3.8) is 0 Å². The summed E-state index contributed by atoms with van der Waals surface area (Å²) in [6.45, 7) is 2.89. The van der Waals surface area contributed by atoms with Crippen molar-refractivity contribution in [2.45, 2.75) is 32.4 Å². The standard InChI is InChI=1S/C13H18BrNO2/c1-10(6-7-13(16)17)15(2)9-11-4-3-5-12(14)8-11/h3-5,8,10H,6-7,9H2,1-2H3,(H,16,17). The average molecular weight is 300 g/mol. The fourth-order valence-electron chi connectivity index (χ4n) is 1.63. The summed E-state index contributed by atoms with van der Waals surface area (Å²) in [5, 5.41) is 8.65. The molecule has 1 atom stereocenters. The minimum absolute atomic E-state index is 0.226. The van der Waals surface area contributed by atoms with E-state index in [4.69, 9.17) is 5.11 Å². The molecule has 0 aliphatic heterocycles. The second kappa shape index (κ2) is 6.77. The molecule has 0 saturated heterocycles. The summed E-state index contributed by atoms with van der Waals surface area (Å²) in [6.07, 6.45) is 0.907. The van der Waals surface area contributed by atoms with Gasteiger partial charge in [-0.3, -0.25) is 9.69 Å². The summed E-state index contributed by atoms with van der Waals surface area (Å²) in [7, 11) is 2.02. The first-order valence-electron chi connectivity index (χ1n) is 5.65. The van der Waals surface area contributed by atoms with Crippen LogP contribution in [-0.4, -0.2) is 29.1 Å². The Hall–Kier alpha value is -0.870. The lowest BCUT2D eigenvalue weighted by molar-refractivity contribution is -0.137. The first-order chi connectivity index (χ1) is 7.99. The molecule has 94 valence electrons. The molecule has 1 rings (SSSR count). The van der Waals surface area contributed by atoms with Crippen molar-refractivity contribution in [3.05, 3.63) is 34.3 Å². The van der Waals surface area contributed by atoms with Crippen LogP contribution >= 0.6 is 15.9 Å². The van der Waals surface area contributed by atoms with Gasteiger partial charge in [0.2, 0.25) is 0 Å². The van der Waals surface area contributed by atoms with E-state index in [9.17, 15) is 4.79 Å². The summed E-state index contributed by atoms with van der Waals surface area (Å²) >= 11 is 3.44. The Morgan fingerprint density at radius 3 is 2.82 bits per heavy atom. The van der Waals surface area contributed by atoms with E-state index >= 15 is 0 Å². The SMILES string of the molecule is CC(CCC(=O)O)N(C)Cc1cccc(Br)c1. The molecule has 0 aromatic heterocycles. The number of aliphatic carboxylic acids is 1. The van der Waals surface area contributed by atoms with Crippen LogP contribution in [0.1, 0.15) is 25.3 Å². The Bertz CT molecular complexity index is 381. The third-order valence-electron chi connectivity index (χ3n) is 2.85. The predicted octanol–water partition coefficient (Wildman–Crippen LogP) is 3.13. The van der Waals surface area contributed by atoms with Crippen LogP contribution in [0.15, 0.2) is 28.7 Å². The van der Waals surface area contributed by atoms with Crippen LogP contribution in [0.5, 0.6) is 0 Å². The van der Waals surface area contributed by atoms with Crippen LogP contribution in [0.2, 0.25) is 0 Å². The molecular weight excluding hydrogens is 282 g/mol. The maximum Gasteiger partial charge on any atom is 0.303 e. The maximum atomic E-state index is 10.5. The van der Waals surface area contributed by atoms with Crippen molar-refractivity contribution in [2.24, 2.45) is 0 Å². The van der Waals surface area contributed by atoms with E-state index in [1.165, 1.54) is 5.56 Å². The Kier molecular flexibility index (Phi) is 5.65. The number of benzene rings is 1. The minimum atomic E-state index is -0.729. The zero-order valence-corrected chi connectivity index (χ0v) is 11.8. The van der Waals surface area contributed by atoms with Gasteiger partial charge in [0.1, 0.15) is 0 Å². The largest absolute Gasteiger partial charge is 0.481 e. The van der Waals surface area contributed by atoms with Crippen LogP contribution in [0, 0.1) is 0 Å². The lowest BCUT2D eigenvalue weighted by Gasteiger charge is -2.24. The number of halogens is 1. The third kappa shape index (κ3) is 5.33. The van der Waals surface area contributed by atoms with Crippen molar-refractivity contribution in [1.82, 2.24) is 4.90 Å². The molecule has 0 heterocycles. The second-order valence-electron chi connectivity index (χ2n) is 4.33. The molecule has 0 spiro atoms. The molecule has 3 nitrogen and oxygen atoms in total. The first kappa shape index (κ1) is 14.2. The summed E-state index contributed by atoms with van der Waals surface area (Å²) in [5.74, 6) is -0.729. The van der Waals surface area contributed by atoms with Crippen LogP contribution in [0.4, 0.5) is 0 Å². The Balaban J connectivity index is 2.48. The van der Waals surface area contributed by atoms with Crippen LogP contribution < -0.4 is 0 Å². The molecule has 0 fully saturated rings. The van der Waals surface area contributed by atoms with Gasteiger partial charge in [-0.25, -0.2) is 0 Å². The smallest absolute Gasteiger partial charge is 0.303 e. The monoisotopic (exact) mass is 299 g/mol. The first-order valence-corrected chi connectivity index (χ1v) is 6.45. The number of hydrogen-bond donors (Lipinski definition) is 1. The fraction of sp³-hybridized carbons (Fsp3) is 0.462. The van der Waals surface area contributed by atoms with Crippen molar-refractivity contribution < 1.29 is 9.90 Å². The molecule has 0 amide bonds. The Morgan fingerprint density at radius 1 is 1.53 bits per heavy atom. The maximum absolute atomic E-state index is 10.5. The van der Waals surface area contributed by atoms with Gasteiger partial charge < -0.3 is 5.11 Å². The zero-order chi connectivity index (χ0) is 12.8. The van der Waals surface area contributed by atoms with Gasteiger partial charge in [0.25, 0.3) is 0 Å². The van der Waals surface area contributed by atoms with E-state index in [2.05, 4.69) is 39.9 Å². The molecular formula is C13H18BrNO2. The number of hydrogen-bond acceptors (Lipinski definition) is 2. The van der Waals surface area contributed by atoms with Crippen LogP contribution in [-0.2, 0) is 11.3 Å². The van der Waals surface area contributed by atoms with E-state index in [1.807, 2.05) is 19.2 Å². The Labute approximate surface area is 111 Å². The fourth-order valence-corrected chi connectivity index (χ4v) is 2.08. The lowest BCUT2D eigenvalue weighted by atomic mass is 10.1. The second-order valence-corrected chi connectivity index (χ2v) is 5.24. The van der Waals surface area contributed by atoms with Crippen molar-refractivity contribution in [2.75, 3.05) is 7.05 Å². The van der Waals surface area contributed by atoms with Gasteiger partial charge in [-0.1, -0.05) is 28.1 Å². The molecule has 0 saturated carbocycles. The molecule has 0 radical (unpaired) electrons. The van der Waals surface area contributed by atoms with E-state index in [0.29, 0.717) is 6.42 Å². The minimum Gasteiger partial charge on any atom is -0.481 e. The van der Waals surface area contributed by atoms with Gasteiger partial charge in [-0.2, -0.15) is 0 Å². The molecule has 0 bridgehead atoms. The molecule has 1 N–H and O–H groups in total. The van der Waals surface area contributed by atoms with Gasteiger partial charge in [-0.15, -0.1) is 0 Å². The average Bonchev–Trinajstić information content (AvgIpc) is 2.25. The van der Waals surface area contributed by atoms with Crippen molar-refractivity contribution >= 4 is 21.9 Å². The van der Waals surface area contributed by atoms with E-state index in [1.54, 1.807) is 0 Å². The molecule has 1 aromatic carbocycles. The summed E-state index contributed by atoms with van der Waals surface area (Å²) < 4.78 is 1.07. The molecule has 17 heavy (non-hydrogen) atoms. The van der Waals surface area contributed by atoms with E-state index in [-0.39, 0.29) is 12.5 Å². The van der Waals surface area contributed by atoms with Gasteiger partial charge in [0, 0.05) is 23.5 Å². The van der Waals surface area contributed by atoms with Gasteiger partial charge >= 0.3 is 5.97 Å². The number of carboxylic acids is 1. The quantitative estimate of drug-likeness (QED) is 0.877. The van der Waals surface area contributed by atoms with Crippen LogP contribution in [0.25, 0.3) is 0 Å². The normalized spacial score (nSPS) is 12.7. The number of nitrogens with zero attached hydrogens (tertiary/aromatic N) is 1. The molecule has 1 unspecified atom stereocenters. The van der Waals surface area contributed by atoms with Crippen molar-refractivity contribution in [3.8, 4) is 0 Å².